The lowest BCUT2D eigenvalue weighted by Gasteiger charge is -2.32. The minimum absolute atomic E-state index is 0. The van der Waals surface area contributed by atoms with Gasteiger partial charge in [-0.1, -0.05) is 18.2 Å². The van der Waals surface area contributed by atoms with Gasteiger partial charge in [-0.3, -0.25) is 9.36 Å². The first-order valence-corrected chi connectivity index (χ1v) is 8.84. The van der Waals surface area contributed by atoms with E-state index in [2.05, 4.69) is 4.98 Å². The van der Waals surface area contributed by atoms with Gasteiger partial charge in [-0.15, -0.1) is 12.4 Å². The number of carboxylic acids is 1. The molecular formula is C19H20ClN3O5. The standard InChI is InChI=1S/C19H19N3O5.ClH/c20-19-8-6-11(7-9-19)10-22-15(23)14(13(16(24)25)21-18(19)22)27-17(26)12-4-2-1-3-5-12;/h1-5,11H,6-10,20H2,(H,24,25);1H. The maximum Gasteiger partial charge on any atom is 0.358 e. The molecule has 0 amide bonds. The molecule has 2 aliphatic heterocycles. The highest BCUT2D eigenvalue weighted by atomic mass is 35.5. The van der Waals surface area contributed by atoms with Crippen molar-refractivity contribution < 1.29 is 19.4 Å². The molecule has 1 aromatic carbocycles. The molecule has 1 aliphatic carbocycles. The van der Waals surface area contributed by atoms with Crippen LogP contribution in [0.3, 0.4) is 0 Å². The van der Waals surface area contributed by atoms with Crippen molar-refractivity contribution in [2.24, 2.45) is 11.7 Å². The summed E-state index contributed by atoms with van der Waals surface area (Å²) in [5, 5.41) is 9.56. The molecular weight excluding hydrogens is 386 g/mol. The first-order chi connectivity index (χ1) is 12.9. The lowest BCUT2D eigenvalue weighted by Crippen LogP contribution is -2.43. The second kappa shape index (κ2) is 7.37. The zero-order valence-electron chi connectivity index (χ0n) is 15.0. The molecule has 3 N–H and O–H groups in total. The van der Waals surface area contributed by atoms with Gasteiger partial charge < -0.3 is 15.6 Å². The van der Waals surface area contributed by atoms with Crippen molar-refractivity contribution in [3.8, 4) is 5.75 Å². The number of nitrogens with two attached hydrogens (primary N) is 1. The maximum atomic E-state index is 13.0. The van der Waals surface area contributed by atoms with Gasteiger partial charge in [-0.2, -0.15) is 0 Å². The molecule has 148 valence electrons. The number of carboxylic acid groups (broad SMARTS) is 1. The third kappa shape index (κ3) is 3.29. The average Bonchev–Trinajstić information content (AvgIpc) is 2.89. The Morgan fingerprint density at radius 2 is 1.86 bits per heavy atom. The van der Waals surface area contributed by atoms with E-state index in [1.807, 2.05) is 0 Å². The van der Waals surface area contributed by atoms with Crippen LogP contribution in [0.1, 0.15) is 52.4 Å². The molecule has 5 rings (SSSR count). The normalized spacial score (nSPS) is 22.5. The second-order valence-electron chi connectivity index (χ2n) is 7.19. The maximum absolute atomic E-state index is 13.0. The SMILES string of the molecule is Cl.NC12CCC(CC1)Cn1c2nc(C(=O)O)c(OC(=O)c2ccccc2)c1=O. The number of carbonyl (C=O) groups is 2. The molecule has 3 aliphatic rings. The van der Waals surface area contributed by atoms with Crippen molar-refractivity contribution in [1.29, 1.82) is 0 Å². The number of ether oxygens (including phenoxy) is 1. The van der Waals surface area contributed by atoms with Crippen LogP contribution in [0.2, 0.25) is 0 Å². The lowest BCUT2D eigenvalue weighted by atomic mass is 9.78. The van der Waals surface area contributed by atoms with Crippen LogP contribution < -0.4 is 16.0 Å². The second-order valence-corrected chi connectivity index (χ2v) is 7.19. The van der Waals surface area contributed by atoms with E-state index in [0.717, 1.165) is 12.8 Å². The summed E-state index contributed by atoms with van der Waals surface area (Å²) in [6.45, 7) is 0.399. The zero-order chi connectivity index (χ0) is 19.2. The van der Waals surface area contributed by atoms with E-state index in [1.165, 1.54) is 16.7 Å². The fourth-order valence-corrected chi connectivity index (χ4v) is 3.91. The first kappa shape index (κ1) is 20.0. The van der Waals surface area contributed by atoms with Gasteiger partial charge in [-0.25, -0.2) is 14.6 Å². The van der Waals surface area contributed by atoms with Gasteiger partial charge in [0.1, 0.15) is 5.82 Å². The molecule has 1 aromatic heterocycles. The average molecular weight is 406 g/mol. The molecule has 1 fully saturated rings. The number of halogens is 1. The minimum atomic E-state index is -1.44. The Morgan fingerprint density at radius 1 is 1.21 bits per heavy atom. The Labute approximate surface area is 166 Å². The summed E-state index contributed by atoms with van der Waals surface area (Å²) in [6, 6.07) is 8.06. The van der Waals surface area contributed by atoms with Gasteiger partial charge in [0.25, 0.3) is 5.56 Å². The largest absolute Gasteiger partial charge is 0.476 e. The van der Waals surface area contributed by atoms with E-state index in [0.29, 0.717) is 19.4 Å². The summed E-state index contributed by atoms with van der Waals surface area (Å²) in [5.41, 5.74) is 4.59. The summed E-state index contributed by atoms with van der Waals surface area (Å²) >= 11 is 0. The van der Waals surface area contributed by atoms with Crippen molar-refractivity contribution in [3.63, 3.8) is 0 Å². The van der Waals surface area contributed by atoms with E-state index >= 15 is 0 Å². The number of hydrogen-bond acceptors (Lipinski definition) is 6. The molecule has 2 bridgehead atoms. The van der Waals surface area contributed by atoms with Gasteiger partial charge in [0.2, 0.25) is 5.75 Å². The van der Waals surface area contributed by atoms with Crippen molar-refractivity contribution in [3.05, 3.63) is 57.8 Å². The highest BCUT2D eigenvalue weighted by Crippen LogP contribution is 2.41. The van der Waals surface area contributed by atoms with Crippen LogP contribution in [0.4, 0.5) is 0 Å². The third-order valence-electron chi connectivity index (χ3n) is 5.42. The van der Waals surface area contributed by atoms with Crippen LogP contribution in [0.25, 0.3) is 0 Å². The molecule has 0 saturated heterocycles. The molecule has 8 nitrogen and oxygen atoms in total. The molecule has 3 heterocycles. The zero-order valence-corrected chi connectivity index (χ0v) is 15.8. The predicted octanol–water partition coefficient (Wildman–Crippen LogP) is 1.94. The Bertz CT molecular complexity index is 981. The Kier molecular flexibility index (Phi) is 5.27. The topological polar surface area (TPSA) is 125 Å². The molecule has 9 heteroatoms. The Balaban J connectivity index is 0.00000225. The molecule has 1 saturated carbocycles. The number of hydrogen-bond donors (Lipinski definition) is 2. The summed E-state index contributed by atoms with van der Waals surface area (Å²) in [4.78, 5) is 41.3. The number of aromatic nitrogens is 2. The minimum Gasteiger partial charge on any atom is -0.476 e. The number of rotatable bonds is 3. The quantitative estimate of drug-likeness (QED) is 0.747. The number of nitrogens with zero attached hydrogens (tertiary/aromatic N) is 2. The van der Waals surface area contributed by atoms with Crippen LogP contribution in [0.15, 0.2) is 35.1 Å². The number of esters is 1. The molecule has 0 atom stereocenters. The van der Waals surface area contributed by atoms with Gasteiger partial charge in [0.05, 0.1) is 11.1 Å². The van der Waals surface area contributed by atoms with E-state index in [4.69, 9.17) is 10.5 Å². The van der Waals surface area contributed by atoms with Crippen LogP contribution >= 0.6 is 12.4 Å². The Morgan fingerprint density at radius 3 is 2.46 bits per heavy atom. The van der Waals surface area contributed by atoms with Crippen LogP contribution in [0.5, 0.6) is 5.75 Å². The number of fused-ring (bicyclic) bond motifs is 2. The van der Waals surface area contributed by atoms with Crippen molar-refractivity contribution in [1.82, 2.24) is 9.55 Å². The first-order valence-electron chi connectivity index (χ1n) is 8.84. The molecule has 0 spiro atoms. The smallest absolute Gasteiger partial charge is 0.358 e. The van der Waals surface area contributed by atoms with Crippen LogP contribution in [0, 0.1) is 5.92 Å². The summed E-state index contributed by atoms with van der Waals surface area (Å²) in [5.74, 6) is -2.27. The highest BCUT2D eigenvalue weighted by Gasteiger charge is 2.42. The lowest BCUT2D eigenvalue weighted by molar-refractivity contribution is 0.0670. The predicted molar refractivity (Wildman–Crippen MR) is 102 cm³/mol. The fraction of sp³-hybridized carbons (Fsp3) is 0.368. The van der Waals surface area contributed by atoms with Crippen molar-refractivity contribution in [2.45, 2.75) is 37.8 Å². The molecule has 28 heavy (non-hydrogen) atoms. The molecule has 2 aromatic rings. The third-order valence-corrected chi connectivity index (χ3v) is 5.42. The number of carbonyl (C=O) groups excluding carboxylic acids is 1. The van der Waals surface area contributed by atoms with E-state index in [9.17, 15) is 19.5 Å². The fourth-order valence-electron chi connectivity index (χ4n) is 3.91. The van der Waals surface area contributed by atoms with Gasteiger partial charge >= 0.3 is 11.9 Å². The highest BCUT2D eigenvalue weighted by molar-refractivity contribution is 5.94. The number of benzene rings is 1. The summed E-state index contributed by atoms with van der Waals surface area (Å²) in [7, 11) is 0. The van der Waals surface area contributed by atoms with E-state index in [-0.39, 0.29) is 29.7 Å². The van der Waals surface area contributed by atoms with Crippen molar-refractivity contribution in [2.75, 3.05) is 0 Å². The van der Waals surface area contributed by atoms with Gasteiger partial charge in [0.15, 0.2) is 5.69 Å². The van der Waals surface area contributed by atoms with E-state index < -0.39 is 34.5 Å². The van der Waals surface area contributed by atoms with Crippen LogP contribution in [-0.2, 0) is 12.1 Å². The summed E-state index contributed by atoms with van der Waals surface area (Å²) in [6.07, 6.45) is 2.99. The summed E-state index contributed by atoms with van der Waals surface area (Å²) < 4.78 is 6.59. The van der Waals surface area contributed by atoms with Crippen molar-refractivity contribution >= 4 is 24.3 Å². The van der Waals surface area contributed by atoms with Gasteiger partial charge in [0, 0.05) is 6.54 Å². The number of aromatic carboxylic acids is 1. The molecule has 0 unspecified atom stereocenters. The molecule has 0 radical (unpaired) electrons. The van der Waals surface area contributed by atoms with Gasteiger partial charge in [-0.05, 0) is 43.7 Å². The Hall–Kier alpha value is -2.71. The van der Waals surface area contributed by atoms with Crippen LogP contribution in [-0.4, -0.2) is 26.6 Å². The van der Waals surface area contributed by atoms with E-state index in [1.54, 1.807) is 18.2 Å². The monoisotopic (exact) mass is 405 g/mol.